The van der Waals surface area contributed by atoms with Crippen LogP contribution in [0.15, 0.2) is 6.20 Å². The third kappa shape index (κ3) is 2.91. The van der Waals surface area contributed by atoms with Crippen molar-refractivity contribution in [2.45, 2.75) is 19.9 Å². The Labute approximate surface area is 75.2 Å². The van der Waals surface area contributed by atoms with Gasteiger partial charge >= 0.3 is 0 Å². The fourth-order valence-corrected chi connectivity index (χ4v) is 0.810. The van der Waals surface area contributed by atoms with E-state index in [-0.39, 0.29) is 5.91 Å². The fraction of sp³-hybridized carbons (Fsp3) is 0.429. The third-order valence-electron chi connectivity index (χ3n) is 1.30. The van der Waals surface area contributed by atoms with Crippen LogP contribution in [0.25, 0.3) is 0 Å². The maximum atomic E-state index is 10.6. The fourth-order valence-electron chi connectivity index (χ4n) is 0.810. The van der Waals surface area contributed by atoms with Crippen molar-refractivity contribution in [3.63, 3.8) is 0 Å². The summed E-state index contributed by atoms with van der Waals surface area (Å²) in [6.45, 7) is 1.89. The molecule has 1 rings (SSSR count). The van der Waals surface area contributed by atoms with E-state index >= 15 is 0 Å². The Morgan fingerprint density at radius 2 is 2.62 bits per heavy atom. The molecule has 0 aliphatic heterocycles. The molecular weight excluding hydrogens is 170 g/mol. The lowest BCUT2D eigenvalue weighted by Crippen LogP contribution is -2.05. The number of aryl methyl sites for hydroxylation is 1. The van der Waals surface area contributed by atoms with Crippen molar-refractivity contribution < 1.29 is 4.79 Å². The molecule has 13 heavy (non-hydrogen) atoms. The van der Waals surface area contributed by atoms with Gasteiger partial charge in [0, 0.05) is 6.92 Å². The van der Waals surface area contributed by atoms with Crippen molar-refractivity contribution in [1.82, 2.24) is 15.0 Å². The zero-order chi connectivity index (χ0) is 9.68. The van der Waals surface area contributed by atoms with Gasteiger partial charge in [0.1, 0.15) is 0 Å². The number of anilines is 1. The van der Waals surface area contributed by atoms with Gasteiger partial charge in [-0.15, -0.1) is 5.10 Å². The second-order valence-electron chi connectivity index (χ2n) is 2.46. The summed E-state index contributed by atoms with van der Waals surface area (Å²) in [5, 5.41) is 18.2. The van der Waals surface area contributed by atoms with Crippen molar-refractivity contribution in [2.24, 2.45) is 0 Å². The van der Waals surface area contributed by atoms with Crippen LogP contribution in [0.3, 0.4) is 0 Å². The Balaban J connectivity index is 2.54. The first-order valence-electron chi connectivity index (χ1n) is 3.77. The predicted octanol–water partition coefficient (Wildman–Crippen LogP) is 0.150. The molecule has 0 aliphatic carbocycles. The second-order valence-corrected chi connectivity index (χ2v) is 2.46. The summed E-state index contributed by atoms with van der Waals surface area (Å²) in [5.41, 5.74) is 0. The topological polar surface area (TPSA) is 83.6 Å². The number of nitrogens with one attached hydrogen (secondary N) is 1. The molecule has 1 N–H and O–H groups in total. The highest BCUT2D eigenvalue weighted by molar-refractivity contribution is 5.87. The maximum absolute atomic E-state index is 10.6. The molecule has 0 radical (unpaired) electrons. The molecule has 0 atom stereocenters. The molecule has 0 unspecified atom stereocenters. The van der Waals surface area contributed by atoms with Crippen LogP contribution in [0, 0.1) is 11.3 Å². The Hall–Kier alpha value is -1.90. The molecule has 0 saturated heterocycles. The first-order valence-corrected chi connectivity index (χ1v) is 3.77. The highest BCUT2D eigenvalue weighted by Gasteiger charge is 2.00. The summed E-state index contributed by atoms with van der Waals surface area (Å²) in [4.78, 5) is 10.6. The molecule has 0 aromatic carbocycles. The monoisotopic (exact) mass is 179 g/mol. The molecule has 0 spiro atoms. The minimum absolute atomic E-state index is 0.188. The summed E-state index contributed by atoms with van der Waals surface area (Å²) in [5.74, 6) is 0.220. The lowest BCUT2D eigenvalue weighted by molar-refractivity contribution is -0.114. The molecular formula is C7H9N5O. The van der Waals surface area contributed by atoms with E-state index in [4.69, 9.17) is 5.26 Å². The van der Waals surface area contributed by atoms with Gasteiger partial charge in [-0.05, 0) is 0 Å². The molecule has 68 valence electrons. The maximum Gasteiger partial charge on any atom is 0.222 e. The van der Waals surface area contributed by atoms with Gasteiger partial charge in [0.2, 0.25) is 5.91 Å². The zero-order valence-electron chi connectivity index (χ0n) is 7.19. The molecule has 1 heterocycles. The average Bonchev–Trinajstić information content (AvgIpc) is 2.48. The summed E-state index contributed by atoms with van der Waals surface area (Å²) in [6.07, 6.45) is 1.96. The van der Waals surface area contributed by atoms with E-state index in [0.717, 1.165) is 0 Å². The van der Waals surface area contributed by atoms with Crippen molar-refractivity contribution in [2.75, 3.05) is 5.32 Å². The lowest BCUT2D eigenvalue weighted by atomic mass is 10.5. The van der Waals surface area contributed by atoms with E-state index in [0.29, 0.717) is 18.8 Å². The average molecular weight is 179 g/mol. The minimum atomic E-state index is -0.188. The molecule has 0 aliphatic rings. The molecule has 0 saturated carbocycles. The standard InChI is InChI=1S/C7H9N5O/c1-6(13)9-7-5-12(11-10-7)4-2-3-8/h5H,2,4H2,1H3,(H,9,13). The van der Waals surface area contributed by atoms with Crippen molar-refractivity contribution in [3.8, 4) is 6.07 Å². The second kappa shape index (κ2) is 4.21. The molecule has 1 aromatic rings. The first kappa shape index (κ1) is 9.19. The van der Waals surface area contributed by atoms with E-state index in [1.807, 2.05) is 6.07 Å². The van der Waals surface area contributed by atoms with Crippen LogP contribution < -0.4 is 5.32 Å². The quantitative estimate of drug-likeness (QED) is 0.715. The summed E-state index contributed by atoms with van der Waals surface area (Å²) >= 11 is 0. The zero-order valence-corrected chi connectivity index (χ0v) is 7.19. The van der Waals surface area contributed by atoms with E-state index in [1.165, 1.54) is 11.6 Å². The van der Waals surface area contributed by atoms with Gasteiger partial charge in [0.15, 0.2) is 5.82 Å². The van der Waals surface area contributed by atoms with Crippen molar-refractivity contribution in [3.05, 3.63) is 6.20 Å². The SMILES string of the molecule is CC(=O)Nc1cn(CCC#N)nn1. The van der Waals surface area contributed by atoms with Gasteiger partial charge in [-0.25, -0.2) is 4.68 Å². The number of nitriles is 1. The minimum Gasteiger partial charge on any atom is -0.308 e. The normalized spacial score (nSPS) is 9.23. The van der Waals surface area contributed by atoms with Crippen molar-refractivity contribution >= 4 is 11.7 Å². The van der Waals surface area contributed by atoms with E-state index in [1.54, 1.807) is 6.20 Å². The van der Waals surface area contributed by atoms with Crippen LogP contribution in [-0.4, -0.2) is 20.9 Å². The molecule has 1 amide bonds. The van der Waals surface area contributed by atoms with Crippen LogP contribution in [0.4, 0.5) is 5.82 Å². The highest BCUT2D eigenvalue weighted by Crippen LogP contribution is 1.99. The highest BCUT2D eigenvalue weighted by atomic mass is 16.1. The lowest BCUT2D eigenvalue weighted by Gasteiger charge is -1.92. The summed E-state index contributed by atoms with van der Waals surface area (Å²) in [6, 6.07) is 1.99. The Morgan fingerprint density at radius 3 is 3.23 bits per heavy atom. The molecule has 6 heteroatoms. The van der Waals surface area contributed by atoms with E-state index in [9.17, 15) is 4.79 Å². The van der Waals surface area contributed by atoms with E-state index < -0.39 is 0 Å². The molecule has 1 aromatic heterocycles. The van der Waals surface area contributed by atoms with Gasteiger partial charge < -0.3 is 5.32 Å². The number of amides is 1. The molecule has 0 bridgehead atoms. The number of hydrogen-bond acceptors (Lipinski definition) is 4. The summed E-state index contributed by atoms with van der Waals surface area (Å²) < 4.78 is 1.51. The van der Waals surface area contributed by atoms with Gasteiger partial charge in [-0.1, -0.05) is 5.21 Å². The molecule has 0 fully saturated rings. The number of rotatable bonds is 3. The van der Waals surface area contributed by atoms with Crippen LogP contribution in [0.2, 0.25) is 0 Å². The number of hydrogen-bond donors (Lipinski definition) is 1. The smallest absolute Gasteiger partial charge is 0.222 e. The number of nitrogens with zero attached hydrogens (tertiary/aromatic N) is 4. The van der Waals surface area contributed by atoms with Crippen molar-refractivity contribution in [1.29, 1.82) is 5.26 Å². The predicted molar refractivity (Wildman–Crippen MR) is 44.6 cm³/mol. The largest absolute Gasteiger partial charge is 0.308 e. The van der Waals surface area contributed by atoms with Crippen LogP contribution >= 0.6 is 0 Å². The van der Waals surface area contributed by atoms with Crippen LogP contribution in [0.1, 0.15) is 13.3 Å². The Bertz CT molecular complexity index is 337. The Morgan fingerprint density at radius 1 is 1.85 bits per heavy atom. The number of carbonyl (C=O) groups is 1. The number of aromatic nitrogens is 3. The number of carbonyl (C=O) groups excluding carboxylic acids is 1. The van der Waals surface area contributed by atoms with Crippen LogP contribution in [0.5, 0.6) is 0 Å². The van der Waals surface area contributed by atoms with Gasteiger partial charge in [-0.3, -0.25) is 4.79 Å². The van der Waals surface area contributed by atoms with Gasteiger partial charge in [0.05, 0.1) is 25.2 Å². The molecule has 6 nitrogen and oxygen atoms in total. The van der Waals surface area contributed by atoms with Gasteiger partial charge in [0.25, 0.3) is 0 Å². The first-order chi connectivity index (χ1) is 6.22. The van der Waals surface area contributed by atoms with Crippen LogP contribution in [-0.2, 0) is 11.3 Å². The van der Waals surface area contributed by atoms with E-state index in [2.05, 4.69) is 15.6 Å². The third-order valence-corrected chi connectivity index (χ3v) is 1.30. The van der Waals surface area contributed by atoms with Gasteiger partial charge in [-0.2, -0.15) is 5.26 Å². The summed E-state index contributed by atoms with van der Waals surface area (Å²) in [7, 11) is 0. The Kier molecular flexibility index (Phi) is 2.97.